The van der Waals surface area contributed by atoms with E-state index in [9.17, 15) is 14.9 Å². The van der Waals surface area contributed by atoms with Gasteiger partial charge in [0, 0.05) is 6.04 Å². The van der Waals surface area contributed by atoms with Gasteiger partial charge in [-0.05, 0) is 37.0 Å². The number of rotatable bonds is 8. The minimum absolute atomic E-state index is 0.284. The van der Waals surface area contributed by atoms with E-state index in [1.54, 1.807) is 30.3 Å². The summed E-state index contributed by atoms with van der Waals surface area (Å²) in [6, 6.07) is 17.5. The molecule has 1 N–H and O–H groups in total. The Balaban J connectivity index is 1.73. The second kappa shape index (κ2) is 7.90. The van der Waals surface area contributed by atoms with Crippen molar-refractivity contribution in [1.29, 1.82) is 0 Å². The summed E-state index contributed by atoms with van der Waals surface area (Å²) in [5, 5.41) is 14.6. The van der Waals surface area contributed by atoms with Crippen LogP contribution in [0.4, 0.5) is 0 Å². The Bertz CT molecular complexity index is 717. The summed E-state index contributed by atoms with van der Waals surface area (Å²) in [5.41, 5.74) is 1.33. The Morgan fingerprint density at radius 3 is 2.28 bits per heavy atom. The molecule has 1 fully saturated rings. The molecular weight excluding hydrogens is 320 g/mol. The van der Waals surface area contributed by atoms with Crippen LogP contribution in [0.25, 0.3) is 0 Å². The first-order valence-corrected chi connectivity index (χ1v) is 8.32. The van der Waals surface area contributed by atoms with Crippen LogP contribution in [0, 0.1) is 10.1 Å². The van der Waals surface area contributed by atoms with E-state index < -0.39 is 23.2 Å². The molecule has 0 aromatic heterocycles. The van der Waals surface area contributed by atoms with Gasteiger partial charge in [-0.2, -0.15) is 0 Å². The fourth-order valence-corrected chi connectivity index (χ4v) is 2.64. The predicted molar refractivity (Wildman–Crippen MR) is 92.4 cm³/mol. The van der Waals surface area contributed by atoms with Crippen molar-refractivity contribution in [2.75, 3.05) is 0 Å². The van der Waals surface area contributed by atoms with Gasteiger partial charge in [0.05, 0.1) is 10.5 Å². The molecule has 6 nitrogen and oxygen atoms in total. The Hall–Kier alpha value is -2.73. The number of nitrogens with one attached hydrogen (secondary N) is 1. The molecule has 1 saturated carbocycles. The maximum atomic E-state index is 12.6. The summed E-state index contributed by atoms with van der Waals surface area (Å²) >= 11 is 0. The number of hydrogen-bond donors (Lipinski definition) is 1. The summed E-state index contributed by atoms with van der Waals surface area (Å²) in [5.74, 6) is -0.596. The van der Waals surface area contributed by atoms with Crippen LogP contribution >= 0.6 is 0 Å². The summed E-state index contributed by atoms with van der Waals surface area (Å²) < 4.78 is 5.26. The zero-order valence-corrected chi connectivity index (χ0v) is 13.7. The van der Waals surface area contributed by atoms with Crippen LogP contribution in [-0.4, -0.2) is 23.0 Å². The third kappa shape index (κ3) is 4.87. The number of carbonyl (C=O) groups excluding carboxylic acids is 1. The highest BCUT2D eigenvalue weighted by atomic mass is 16.7. The molecule has 1 aliphatic rings. The highest BCUT2D eigenvalue weighted by Gasteiger charge is 2.34. The van der Waals surface area contributed by atoms with Crippen LogP contribution in [0.15, 0.2) is 60.7 Å². The first-order chi connectivity index (χ1) is 12.1. The number of esters is 1. The molecular formula is C19H20N2O4. The fraction of sp³-hybridized carbons (Fsp3) is 0.316. The normalized spacial score (nSPS) is 16.0. The number of nitro groups is 1. The van der Waals surface area contributed by atoms with Crippen molar-refractivity contribution < 1.29 is 14.5 Å². The molecule has 130 valence electrons. The van der Waals surface area contributed by atoms with E-state index in [2.05, 4.69) is 5.32 Å². The predicted octanol–water partition coefficient (Wildman–Crippen LogP) is 2.87. The zero-order valence-electron chi connectivity index (χ0n) is 13.7. The lowest BCUT2D eigenvalue weighted by molar-refractivity contribution is -0.576. The number of hydrogen-bond acceptors (Lipinski definition) is 5. The average Bonchev–Trinajstić information content (AvgIpc) is 3.44. The molecule has 2 aromatic rings. The van der Waals surface area contributed by atoms with Crippen LogP contribution in [0.3, 0.4) is 0 Å². The second-order valence-corrected chi connectivity index (χ2v) is 6.17. The smallest absolute Gasteiger partial charge is 0.382 e. The molecule has 3 rings (SSSR count). The molecule has 2 atom stereocenters. The monoisotopic (exact) mass is 340 g/mol. The van der Waals surface area contributed by atoms with Gasteiger partial charge in [-0.15, -0.1) is 0 Å². The summed E-state index contributed by atoms with van der Waals surface area (Å²) in [4.78, 5) is 23.4. The summed E-state index contributed by atoms with van der Waals surface area (Å²) in [7, 11) is 0. The average molecular weight is 340 g/mol. The Labute approximate surface area is 146 Å². The van der Waals surface area contributed by atoms with E-state index in [1.807, 2.05) is 30.3 Å². The van der Waals surface area contributed by atoms with Crippen LogP contribution in [-0.2, 0) is 16.0 Å². The van der Waals surface area contributed by atoms with Crippen molar-refractivity contribution in [3.8, 4) is 0 Å². The van der Waals surface area contributed by atoms with E-state index in [1.165, 1.54) is 0 Å². The lowest BCUT2D eigenvalue weighted by Crippen LogP contribution is -2.42. The zero-order chi connectivity index (χ0) is 17.6. The van der Waals surface area contributed by atoms with E-state index in [0.29, 0.717) is 12.0 Å². The van der Waals surface area contributed by atoms with Crippen molar-refractivity contribution in [2.24, 2.45) is 0 Å². The number of nitrogens with zero attached hydrogens (tertiary/aromatic N) is 1. The third-order valence-electron chi connectivity index (χ3n) is 4.09. The van der Waals surface area contributed by atoms with Crippen LogP contribution in [0.1, 0.15) is 30.2 Å². The third-order valence-corrected chi connectivity index (χ3v) is 4.09. The van der Waals surface area contributed by atoms with E-state index in [4.69, 9.17) is 4.74 Å². The molecule has 0 radical (unpaired) electrons. The SMILES string of the molecule is O=C(OC(c1ccccc1)[N+](=O)[O-])[C@H](Cc1ccccc1)NC1CC1. The first kappa shape index (κ1) is 17.1. The fourth-order valence-electron chi connectivity index (χ4n) is 2.64. The molecule has 1 unspecified atom stereocenters. The number of ether oxygens (including phenoxy) is 1. The van der Waals surface area contributed by atoms with Crippen LogP contribution < -0.4 is 5.32 Å². The van der Waals surface area contributed by atoms with Crippen molar-refractivity contribution in [3.63, 3.8) is 0 Å². The maximum absolute atomic E-state index is 12.6. The first-order valence-electron chi connectivity index (χ1n) is 8.32. The minimum atomic E-state index is -1.49. The molecule has 0 saturated heterocycles. The lowest BCUT2D eigenvalue weighted by atomic mass is 10.1. The van der Waals surface area contributed by atoms with Crippen molar-refractivity contribution >= 4 is 5.97 Å². The molecule has 6 heteroatoms. The minimum Gasteiger partial charge on any atom is -0.393 e. The molecule has 0 bridgehead atoms. The van der Waals surface area contributed by atoms with E-state index >= 15 is 0 Å². The van der Waals surface area contributed by atoms with Gasteiger partial charge in [0.2, 0.25) is 0 Å². The largest absolute Gasteiger partial charge is 0.393 e. The Morgan fingerprint density at radius 2 is 1.72 bits per heavy atom. The highest BCUT2D eigenvalue weighted by molar-refractivity contribution is 5.76. The molecule has 25 heavy (non-hydrogen) atoms. The standard InChI is InChI=1S/C19H20N2O4/c22-19(25-18(21(23)24)15-9-5-2-6-10-15)17(20-16-11-12-16)13-14-7-3-1-4-8-14/h1-10,16-18,20H,11-13H2/t17-,18?/m0/s1. The topological polar surface area (TPSA) is 81.5 Å². The molecule has 0 aliphatic heterocycles. The van der Waals surface area contributed by atoms with E-state index in [-0.39, 0.29) is 6.04 Å². The molecule has 0 spiro atoms. The lowest BCUT2D eigenvalue weighted by Gasteiger charge is -2.19. The van der Waals surface area contributed by atoms with Crippen molar-refractivity contribution in [3.05, 3.63) is 81.9 Å². The van der Waals surface area contributed by atoms with Gasteiger partial charge in [-0.1, -0.05) is 48.5 Å². The Kier molecular flexibility index (Phi) is 5.40. The molecule has 0 heterocycles. The summed E-state index contributed by atoms with van der Waals surface area (Å²) in [6.45, 7) is 0. The number of benzene rings is 2. The van der Waals surface area contributed by atoms with Gasteiger partial charge in [-0.25, -0.2) is 0 Å². The van der Waals surface area contributed by atoms with Gasteiger partial charge in [-0.3, -0.25) is 14.9 Å². The van der Waals surface area contributed by atoms with Gasteiger partial charge in [0.1, 0.15) is 6.04 Å². The maximum Gasteiger partial charge on any atom is 0.382 e. The second-order valence-electron chi connectivity index (χ2n) is 6.17. The number of carbonyl (C=O) groups is 1. The van der Waals surface area contributed by atoms with Crippen LogP contribution in [0.2, 0.25) is 0 Å². The molecule has 0 amide bonds. The highest BCUT2D eigenvalue weighted by Crippen LogP contribution is 2.23. The molecule has 1 aliphatic carbocycles. The Morgan fingerprint density at radius 1 is 1.12 bits per heavy atom. The van der Waals surface area contributed by atoms with Gasteiger partial charge in [0.15, 0.2) is 0 Å². The van der Waals surface area contributed by atoms with Gasteiger partial charge >= 0.3 is 12.2 Å². The van der Waals surface area contributed by atoms with E-state index in [0.717, 1.165) is 18.4 Å². The summed E-state index contributed by atoms with van der Waals surface area (Å²) in [6.07, 6.45) is 0.967. The van der Waals surface area contributed by atoms with Gasteiger partial charge in [0.25, 0.3) is 0 Å². The van der Waals surface area contributed by atoms with Crippen LogP contribution in [0.5, 0.6) is 0 Å². The van der Waals surface area contributed by atoms with Crippen molar-refractivity contribution in [2.45, 2.75) is 37.6 Å². The van der Waals surface area contributed by atoms with Crippen molar-refractivity contribution in [1.82, 2.24) is 5.32 Å². The molecule has 2 aromatic carbocycles. The van der Waals surface area contributed by atoms with Gasteiger partial charge < -0.3 is 10.1 Å². The quantitative estimate of drug-likeness (QED) is 0.346.